The maximum absolute atomic E-state index is 14.1. The Labute approximate surface area is 311 Å². The highest BCUT2D eigenvalue weighted by atomic mass is 32.1. The second-order valence-corrected chi connectivity index (χ2v) is 17.4. The van der Waals surface area contributed by atoms with Gasteiger partial charge in [0.25, 0.3) is 0 Å². The maximum atomic E-state index is 14.1. The summed E-state index contributed by atoms with van der Waals surface area (Å²) in [6.07, 6.45) is 0.495. The van der Waals surface area contributed by atoms with E-state index >= 15 is 0 Å². The highest BCUT2D eigenvalue weighted by molar-refractivity contribution is 7.13. The molecule has 5 rings (SSSR count). The Morgan fingerprint density at radius 1 is 0.981 bits per heavy atom. The van der Waals surface area contributed by atoms with Crippen molar-refractivity contribution >= 4 is 35.2 Å². The van der Waals surface area contributed by atoms with Crippen LogP contribution in [0.2, 0.25) is 0 Å². The van der Waals surface area contributed by atoms with E-state index in [1.807, 2.05) is 85.2 Å². The molecule has 0 radical (unpaired) electrons. The Kier molecular flexibility index (Phi) is 12.3. The molecule has 4 atom stereocenters. The van der Waals surface area contributed by atoms with Crippen molar-refractivity contribution in [2.24, 2.45) is 5.41 Å². The Bertz CT molecular complexity index is 1570. The first-order valence-electron chi connectivity index (χ1n) is 18.3. The molecule has 52 heavy (non-hydrogen) atoms. The van der Waals surface area contributed by atoms with E-state index < -0.39 is 29.2 Å². The van der Waals surface area contributed by atoms with Gasteiger partial charge in [-0.2, -0.15) is 0 Å². The molecule has 286 valence electrons. The second-order valence-electron chi connectivity index (χ2n) is 16.5. The van der Waals surface area contributed by atoms with Crippen molar-refractivity contribution in [1.29, 1.82) is 0 Å². The Balaban J connectivity index is 1.11. The van der Waals surface area contributed by atoms with Gasteiger partial charge in [0.1, 0.15) is 17.7 Å². The van der Waals surface area contributed by atoms with E-state index in [1.165, 1.54) is 4.90 Å². The first-order valence-corrected chi connectivity index (χ1v) is 19.2. The number of ether oxygens (including phenoxy) is 2. The lowest BCUT2D eigenvalue weighted by molar-refractivity contribution is -0.144. The molecule has 1 aromatic carbocycles. The van der Waals surface area contributed by atoms with Crippen molar-refractivity contribution in [3.63, 3.8) is 0 Å². The normalized spacial score (nSPS) is 21.7. The number of β-amino-alcohol motifs (C(OH)–C–C–N with tert-alkyl or cyclic N) is 1. The maximum Gasteiger partial charge on any atom is 0.410 e. The molecule has 0 unspecified atom stereocenters. The Morgan fingerprint density at radius 2 is 1.63 bits per heavy atom. The van der Waals surface area contributed by atoms with E-state index in [2.05, 4.69) is 20.5 Å². The minimum absolute atomic E-state index is 0.0146. The van der Waals surface area contributed by atoms with Crippen LogP contribution < -0.4 is 10.6 Å². The number of aliphatic hydroxyl groups is 1. The molecule has 2 aromatic rings. The number of hydrogen-bond donors (Lipinski definition) is 3. The van der Waals surface area contributed by atoms with Crippen molar-refractivity contribution in [3.8, 4) is 10.4 Å². The SMILES string of the molecule is Cc1ncsc1-c1ccc([C@H](C)NC(=O)[C@@H]2C[C@@H](O)CN2C(=O)[C@@H](NC(=O)CN2CCC(OC3CN(C(=O)OC(C)(C)C)C3)CC2)C(C)(C)C)cc1. The Hall–Kier alpha value is -3.59. The largest absolute Gasteiger partial charge is 0.444 e. The predicted molar refractivity (Wildman–Crippen MR) is 198 cm³/mol. The number of benzene rings is 1. The van der Waals surface area contributed by atoms with Crippen LogP contribution in [-0.4, -0.2) is 124 Å². The number of aromatic nitrogens is 1. The Morgan fingerprint density at radius 3 is 2.21 bits per heavy atom. The smallest absolute Gasteiger partial charge is 0.410 e. The third-order valence-corrected chi connectivity index (χ3v) is 10.8. The highest BCUT2D eigenvalue weighted by Crippen LogP contribution is 2.30. The number of nitrogens with one attached hydrogen (secondary N) is 2. The number of nitrogens with zero attached hydrogens (tertiary/aromatic N) is 4. The minimum Gasteiger partial charge on any atom is -0.444 e. The molecule has 3 saturated heterocycles. The fourth-order valence-corrected chi connectivity index (χ4v) is 7.71. The van der Waals surface area contributed by atoms with Crippen LogP contribution >= 0.6 is 11.3 Å². The van der Waals surface area contributed by atoms with Crippen molar-refractivity contribution in [2.75, 3.05) is 39.3 Å². The third kappa shape index (κ3) is 10.1. The number of rotatable bonds is 10. The number of carbonyl (C=O) groups is 4. The standard InChI is InChI=1S/C38H56N6O7S/c1-23(25-9-11-26(12-10-25)32-24(2)39-22-52-32)40-34(47)30-17-27(45)18-44(30)35(48)33(37(3,4)5)41-31(46)21-42-15-13-28(14-16-42)50-29-19-43(20-29)36(49)51-38(6,7)8/h9-12,22-23,27-30,33,45H,13-21H2,1-8H3,(H,40,47)(H,41,46)/t23-,27+,30-,33+/m0/s1. The van der Waals surface area contributed by atoms with Crippen LogP contribution in [0, 0.1) is 12.3 Å². The molecule has 0 bridgehead atoms. The van der Waals surface area contributed by atoms with Crippen LogP contribution in [0.1, 0.15) is 85.0 Å². The lowest BCUT2D eigenvalue weighted by atomic mass is 9.85. The molecule has 0 spiro atoms. The average molecular weight is 741 g/mol. The first-order chi connectivity index (χ1) is 24.4. The van der Waals surface area contributed by atoms with E-state index in [0.717, 1.165) is 34.5 Å². The van der Waals surface area contributed by atoms with Crippen LogP contribution in [0.4, 0.5) is 4.79 Å². The monoisotopic (exact) mass is 740 g/mol. The van der Waals surface area contributed by atoms with Gasteiger partial charge in [-0.05, 0) is 64.0 Å². The molecule has 1 aromatic heterocycles. The van der Waals surface area contributed by atoms with E-state index in [-0.39, 0.29) is 61.6 Å². The topological polar surface area (TPSA) is 154 Å². The number of aliphatic hydroxyl groups excluding tert-OH is 1. The second kappa shape index (κ2) is 16.2. The average Bonchev–Trinajstić information content (AvgIpc) is 3.65. The molecule has 3 fully saturated rings. The van der Waals surface area contributed by atoms with Gasteiger partial charge in [-0.25, -0.2) is 9.78 Å². The number of piperidine rings is 1. The third-order valence-electron chi connectivity index (χ3n) is 9.85. The summed E-state index contributed by atoms with van der Waals surface area (Å²) in [5.41, 5.74) is 3.59. The summed E-state index contributed by atoms with van der Waals surface area (Å²) in [6.45, 7) is 17.5. The lowest BCUT2D eigenvalue weighted by Gasteiger charge is -2.42. The van der Waals surface area contributed by atoms with E-state index in [4.69, 9.17) is 9.47 Å². The van der Waals surface area contributed by atoms with Crippen molar-refractivity contribution < 1.29 is 33.8 Å². The number of hydrogen-bond acceptors (Lipinski definition) is 10. The van der Waals surface area contributed by atoms with E-state index in [1.54, 1.807) is 16.2 Å². The summed E-state index contributed by atoms with van der Waals surface area (Å²) in [4.78, 5) is 63.8. The summed E-state index contributed by atoms with van der Waals surface area (Å²) < 4.78 is 11.6. The van der Waals surface area contributed by atoms with Gasteiger partial charge in [0.2, 0.25) is 17.7 Å². The molecule has 14 heteroatoms. The number of carbonyl (C=O) groups excluding carboxylic acids is 4. The molecule has 3 N–H and O–H groups in total. The zero-order valence-corrected chi connectivity index (χ0v) is 32.6. The molecule has 4 heterocycles. The van der Waals surface area contributed by atoms with Gasteiger partial charge in [0, 0.05) is 26.1 Å². The van der Waals surface area contributed by atoms with Crippen molar-refractivity contribution in [3.05, 3.63) is 41.0 Å². The molecule has 3 aliphatic heterocycles. The van der Waals surface area contributed by atoms with Crippen LogP contribution in [0.3, 0.4) is 0 Å². The molecular weight excluding hydrogens is 685 g/mol. The van der Waals surface area contributed by atoms with Gasteiger partial charge in [0.05, 0.1) is 60.1 Å². The van der Waals surface area contributed by atoms with Crippen molar-refractivity contribution in [2.45, 2.75) is 117 Å². The van der Waals surface area contributed by atoms with E-state index in [9.17, 15) is 24.3 Å². The highest BCUT2D eigenvalue weighted by Gasteiger charge is 2.45. The molecule has 0 aliphatic carbocycles. The van der Waals surface area contributed by atoms with Gasteiger partial charge >= 0.3 is 6.09 Å². The van der Waals surface area contributed by atoms with Crippen LogP contribution in [0.5, 0.6) is 0 Å². The van der Waals surface area contributed by atoms with E-state index in [0.29, 0.717) is 26.2 Å². The van der Waals surface area contributed by atoms with Gasteiger partial charge in [-0.3, -0.25) is 19.3 Å². The minimum atomic E-state index is -0.895. The van der Waals surface area contributed by atoms with Gasteiger partial charge < -0.3 is 35.0 Å². The molecular formula is C38H56N6O7S. The van der Waals surface area contributed by atoms with Crippen LogP contribution in [-0.2, 0) is 23.9 Å². The zero-order valence-electron chi connectivity index (χ0n) is 31.8. The number of amides is 4. The van der Waals surface area contributed by atoms with Crippen LogP contribution in [0.15, 0.2) is 29.8 Å². The molecule has 13 nitrogen and oxygen atoms in total. The molecule has 0 saturated carbocycles. The fourth-order valence-electron chi connectivity index (χ4n) is 6.90. The van der Waals surface area contributed by atoms with Crippen molar-refractivity contribution in [1.82, 2.24) is 30.3 Å². The van der Waals surface area contributed by atoms with Gasteiger partial charge in [-0.15, -0.1) is 11.3 Å². The number of likely N-dealkylation sites (tertiary alicyclic amines) is 3. The summed E-state index contributed by atoms with van der Waals surface area (Å²) >= 11 is 1.58. The van der Waals surface area contributed by atoms with Gasteiger partial charge in [-0.1, -0.05) is 45.0 Å². The summed E-state index contributed by atoms with van der Waals surface area (Å²) in [5.74, 6) is -1.00. The quantitative estimate of drug-likeness (QED) is 0.330. The summed E-state index contributed by atoms with van der Waals surface area (Å²) in [5, 5.41) is 16.6. The van der Waals surface area contributed by atoms with Gasteiger partial charge in [0.15, 0.2) is 0 Å². The predicted octanol–water partition coefficient (Wildman–Crippen LogP) is 3.89. The molecule has 4 amide bonds. The number of aryl methyl sites for hydroxylation is 1. The summed E-state index contributed by atoms with van der Waals surface area (Å²) in [7, 11) is 0. The lowest BCUT2D eigenvalue weighted by Crippen LogP contribution is -2.59. The van der Waals surface area contributed by atoms with Crippen LogP contribution in [0.25, 0.3) is 10.4 Å². The number of thiazole rings is 1. The zero-order chi connectivity index (χ0) is 38.0. The first kappa shape index (κ1) is 39.6. The fraction of sp³-hybridized carbons (Fsp3) is 0.658. The summed E-state index contributed by atoms with van der Waals surface area (Å²) in [6, 6.07) is 5.89. The molecule has 3 aliphatic rings.